The van der Waals surface area contributed by atoms with Crippen molar-refractivity contribution in [2.75, 3.05) is 46.9 Å². The van der Waals surface area contributed by atoms with Crippen LogP contribution < -0.4 is 5.32 Å². The summed E-state index contributed by atoms with van der Waals surface area (Å²) in [4.78, 5) is 2.33. The van der Waals surface area contributed by atoms with Crippen LogP contribution in [0.5, 0.6) is 0 Å². The van der Waals surface area contributed by atoms with E-state index in [2.05, 4.69) is 17.3 Å². The van der Waals surface area contributed by atoms with E-state index in [0.717, 1.165) is 45.7 Å². The summed E-state index contributed by atoms with van der Waals surface area (Å²) in [5.74, 6) is 0. The van der Waals surface area contributed by atoms with Crippen molar-refractivity contribution in [1.29, 1.82) is 0 Å². The fourth-order valence-electron chi connectivity index (χ4n) is 1.67. The maximum absolute atomic E-state index is 5.49. The lowest BCUT2D eigenvalue weighted by atomic mass is 10.3. The lowest BCUT2D eigenvalue weighted by molar-refractivity contribution is -0.182. The second-order valence-corrected chi connectivity index (χ2v) is 4.07. The van der Waals surface area contributed by atoms with Crippen LogP contribution in [0.4, 0.5) is 0 Å². The molecule has 0 aromatic heterocycles. The minimum Gasteiger partial charge on any atom is -0.353 e. The maximum atomic E-state index is 5.49. The molecule has 1 saturated heterocycles. The molecule has 1 aliphatic rings. The molecule has 0 aliphatic carbocycles. The molecule has 1 N–H and O–H groups in total. The van der Waals surface area contributed by atoms with E-state index in [1.807, 2.05) is 7.05 Å². The van der Waals surface area contributed by atoms with E-state index in [9.17, 15) is 0 Å². The molecule has 0 aromatic rings. The molecule has 0 amide bonds. The van der Waals surface area contributed by atoms with Gasteiger partial charge in [0.25, 0.3) is 0 Å². The third-order valence-corrected chi connectivity index (χ3v) is 2.61. The third kappa shape index (κ3) is 6.10. The topological polar surface area (TPSA) is 33.7 Å². The highest BCUT2D eigenvalue weighted by Crippen LogP contribution is 2.08. The van der Waals surface area contributed by atoms with Gasteiger partial charge in [-0.2, -0.15) is 0 Å². The number of hydrogen-bond donors (Lipinski definition) is 1. The Morgan fingerprint density at radius 1 is 1.27 bits per heavy atom. The van der Waals surface area contributed by atoms with Gasteiger partial charge in [-0.25, -0.2) is 0 Å². The molecule has 1 heterocycles. The van der Waals surface area contributed by atoms with Gasteiger partial charge in [0.2, 0.25) is 0 Å². The van der Waals surface area contributed by atoms with Gasteiger partial charge in [0.05, 0.1) is 13.2 Å². The van der Waals surface area contributed by atoms with Crippen LogP contribution in [0.25, 0.3) is 0 Å². The van der Waals surface area contributed by atoms with Crippen LogP contribution in [-0.2, 0) is 9.47 Å². The number of hydrogen-bond acceptors (Lipinski definition) is 4. The molecule has 4 heteroatoms. The van der Waals surface area contributed by atoms with E-state index in [1.54, 1.807) is 0 Å². The smallest absolute Gasteiger partial charge is 0.158 e. The Bertz CT molecular complexity index is 150. The highest BCUT2D eigenvalue weighted by atomic mass is 16.7. The van der Waals surface area contributed by atoms with E-state index in [1.165, 1.54) is 6.42 Å². The minimum atomic E-state index is 0.0329. The number of nitrogens with one attached hydrogen (secondary N) is 1. The molecule has 0 unspecified atom stereocenters. The van der Waals surface area contributed by atoms with Crippen LogP contribution in [0.2, 0.25) is 0 Å². The van der Waals surface area contributed by atoms with Crippen molar-refractivity contribution in [2.24, 2.45) is 0 Å². The lowest BCUT2D eigenvalue weighted by Gasteiger charge is -2.25. The van der Waals surface area contributed by atoms with Crippen LogP contribution in [0, 0.1) is 0 Å². The van der Waals surface area contributed by atoms with E-state index < -0.39 is 0 Å². The molecule has 1 rings (SSSR count). The molecule has 0 saturated carbocycles. The zero-order chi connectivity index (χ0) is 10.9. The lowest BCUT2D eigenvalue weighted by Crippen LogP contribution is -2.31. The SMILES string of the molecule is CNCCCN(C)CCC1OCCCO1. The largest absolute Gasteiger partial charge is 0.353 e. The second-order valence-electron chi connectivity index (χ2n) is 4.07. The molecule has 90 valence electrons. The monoisotopic (exact) mass is 216 g/mol. The molecular weight excluding hydrogens is 192 g/mol. The van der Waals surface area contributed by atoms with Gasteiger partial charge in [-0.3, -0.25) is 0 Å². The van der Waals surface area contributed by atoms with Gasteiger partial charge in [-0.05, 0) is 40.0 Å². The van der Waals surface area contributed by atoms with Crippen molar-refractivity contribution >= 4 is 0 Å². The summed E-state index contributed by atoms with van der Waals surface area (Å²) in [7, 11) is 4.14. The first-order chi connectivity index (χ1) is 7.33. The Labute approximate surface area is 92.9 Å². The Morgan fingerprint density at radius 2 is 2.00 bits per heavy atom. The first-order valence-electron chi connectivity index (χ1n) is 5.89. The standard InChI is InChI=1S/C11H24N2O2/c1-12-6-3-7-13(2)8-5-11-14-9-4-10-15-11/h11-12H,3-10H2,1-2H3. The van der Waals surface area contributed by atoms with Crippen molar-refractivity contribution in [3.05, 3.63) is 0 Å². The number of ether oxygens (including phenoxy) is 2. The van der Waals surface area contributed by atoms with E-state index in [-0.39, 0.29) is 6.29 Å². The molecule has 0 bridgehead atoms. The van der Waals surface area contributed by atoms with Crippen molar-refractivity contribution in [1.82, 2.24) is 10.2 Å². The van der Waals surface area contributed by atoms with Gasteiger partial charge < -0.3 is 19.7 Å². The zero-order valence-electron chi connectivity index (χ0n) is 10.00. The quantitative estimate of drug-likeness (QED) is 0.635. The Balaban J connectivity index is 1.97. The number of nitrogens with zero attached hydrogens (tertiary/aromatic N) is 1. The molecule has 0 aromatic carbocycles. The molecule has 0 radical (unpaired) electrons. The zero-order valence-corrected chi connectivity index (χ0v) is 10.00. The summed E-state index contributed by atoms with van der Waals surface area (Å²) >= 11 is 0. The Kier molecular flexibility index (Phi) is 6.92. The highest BCUT2D eigenvalue weighted by Gasteiger charge is 2.14. The predicted octanol–water partition coefficient (Wildman–Crippen LogP) is 0.681. The van der Waals surface area contributed by atoms with Crippen LogP contribution in [0.3, 0.4) is 0 Å². The van der Waals surface area contributed by atoms with Crippen molar-refractivity contribution < 1.29 is 9.47 Å². The Morgan fingerprint density at radius 3 is 2.67 bits per heavy atom. The summed E-state index contributed by atoms with van der Waals surface area (Å²) in [6, 6.07) is 0. The minimum absolute atomic E-state index is 0.0329. The fraction of sp³-hybridized carbons (Fsp3) is 1.00. The molecule has 1 aliphatic heterocycles. The average molecular weight is 216 g/mol. The van der Waals surface area contributed by atoms with Crippen molar-refractivity contribution in [3.8, 4) is 0 Å². The fourth-order valence-corrected chi connectivity index (χ4v) is 1.67. The van der Waals surface area contributed by atoms with Crippen molar-refractivity contribution in [3.63, 3.8) is 0 Å². The molecule has 0 spiro atoms. The molecule has 0 atom stereocenters. The third-order valence-electron chi connectivity index (χ3n) is 2.61. The highest BCUT2D eigenvalue weighted by molar-refractivity contribution is 4.57. The second kappa shape index (κ2) is 8.05. The van der Waals surface area contributed by atoms with Crippen molar-refractivity contribution in [2.45, 2.75) is 25.6 Å². The summed E-state index contributed by atoms with van der Waals surface area (Å²) in [6.07, 6.45) is 3.25. The van der Waals surface area contributed by atoms with E-state index in [0.29, 0.717) is 0 Å². The maximum Gasteiger partial charge on any atom is 0.158 e. The summed E-state index contributed by atoms with van der Waals surface area (Å²) in [6.45, 7) is 4.98. The average Bonchev–Trinajstić information content (AvgIpc) is 2.28. The van der Waals surface area contributed by atoms with Crippen LogP contribution in [0.1, 0.15) is 19.3 Å². The van der Waals surface area contributed by atoms with Gasteiger partial charge >= 0.3 is 0 Å². The summed E-state index contributed by atoms with van der Waals surface area (Å²) < 4.78 is 11.0. The van der Waals surface area contributed by atoms with Crippen LogP contribution in [-0.4, -0.2) is 58.1 Å². The first kappa shape index (κ1) is 12.9. The van der Waals surface area contributed by atoms with Gasteiger partial charge in [0.1, 0.15) is 0 Å². The van der Waals surface area contributed by atoms with Gasteiger partial charge in [-0.1, -0.05) is 0 Å². The van der Waals surface area contributed by atoms with Gasteiger partial charge in [-0.15, -0.1) is 0 Å². The summed E-state index contributed by atoms with van der Waals surface area (Å²) in [5, 5.41) is 3.15. The number of rotatable bonds is 7. The molecule has 4 nitrogen and oxygen atoms in total. The van der Waals surface area contributed by atoms with Gasteiger partial charge in [0.15, 0.2) is 6.29 Å². The van der Waals surface area contributed by atoms with E-state index >= 15 is 0 Å². The summed E-state index contributed by atoms with van der Waals surface area (Å²) in [5.41, 5.74) is 0. The molecule has 15 heavy (non-hydrogen) atoms. The van der Waals surface area contributed by atoms with Crippen LogP contribution in [0.15, 0.2) is 0 Å². The predicted molar refractivity (Wildman–Crippen MR) is 61.0 cm³/mol. The Hall–Kier alpha value is -0.160. The molecular formula is C11H24N2O2. The first-order valence-corrected chi connectivity index (χ1v) is 5.89. The normalized spacial score (nSPS) is 18.6. The molecule has 1 fully saturated rings. The van der Waals surface area contributed by atoms with E-state index in [4.69, 9.17) is 9.47 Å². The van der Waals surface area contributed by atoms with Gasteiger partial charge in [0, 0.05) is 13.0 Å². The van der Waals surface area contributed by atoms with Crippen LogP contribution >= 0.6 is 0 Å².